The summed E-state index contributed by atoms with van der Waals surface area (Å²) in [5.41, 5.74) is 1.59. The van der Waals surface area contributed by atoms with Crippen LogP contribution in [0.4, 0.5) is 17.5 Å². The summed E-state index contributed by atoms with van der Waals surface area (Å²) in [5, 5.41) is 25.7. The molecule has 0 unspecified atom stereocenters. The Kier molecular flexibility index (Phi) is 5.70. The maximum absolute atomic E-state index is 10.9. The molecule has 0 amide bonds. The van der Waals surface area contributed by atoms with Crippen molar-refractivity contribution in [2.24, 2.45) is 0 Å². The van der Waals surface area contributed by atoms with E-state index in [2.05, 4.69) is 25.6 Å². The second-order valence-electron chi connectivity index (χ2n) is 5.66. The van der Waals surface area contributed by atoms with Gasteiger partial charge in [-0.15, -0.1) is 0 Å². The average Bonchev–Trinajstić information content (AvgIpc) is 2.72. The van der Waals surface area contributed by atoms with Gasteiger partial charge in [0.15, 0.2) is 0 Å². The van der Waals surface area contributed by atoms with Gasteiger partial charge in [0.05, 0.1) is 16.2 Å². The van der Waals surface area contributed by atoms with Crippen LogP contribution in [0.1, 0.15) is 10.4 Å². The highest BCUT2D eigenvalue weighted by Crippen LogP contribution is 2.18. The SMILES string of the molecule is O=C(O)c1ccc(-c2ccnc(NCCNc3ccc([N+](=O)[O-])cn3)n2)cc1. The van der Waals surface area contributed by atoms with Gasteiger partial charge in [-0.1, -0.05) is 12.1 Å². The van der Waals surface area contributed by atoms with Crippen LogP contribution >= 0.6 is 0 Å². The number of aromatic carboxylic acids is 1. The smallest absolute Gasteiger partial charge is 0.335 e. The molecule has 3 aromatic rings. The largest absolute Gasteiger partial charge is 0.478 e. The lowest BCUT2D eigenvalue weighted by Gasteiger charge is -2.08. The van der Waals surface area contributed by atoms with Gasteiger partial charge >= 0.3 is 5.97 Å². The number of carboxylic acid groups (broad SMARTS) is 1. The second-order valence-corrected chi connectivity index (χ2v) is 5.66. The summed E-state index contributed by atoms with van der Waals surface area (Å²) in [4.78, 5) is 33.5. The molecular weight excluding hydrogens is 364 g/mol. The number of nitrogens with one attached hydrogen (secondary N) is 2. The highest BCUT2D eigenvalue weighted by molar-refractivity contribution is 5.88. The van der Waals surface area contributed by atoms with E-state index in [0.717, 1.165) is 5.56 Å². The van der Waals surface area contributed by atoms with E-state index in [1.807, 2.05) is 0 Å². The van der Waals surface area contributed by atoms with Crippen LogP contribution in [0.2, 0.25) is 0 Å². The third-order valence-electron chi connectivity index (χ3n) is 3.76. The molecule has 10 nitrogen and oxygen atoms in total. The van der Waals surface area contributed by atoms with Crippen LogP contribution in [-0.2, 0) is 0 Å². The van der Waals surface area contributed by atoms with E-state index in [4.69, 9.17) is 5.11 Å². The van der Waals surface area contributed by atoms with E-state index in [9.17, 15) is 14.9 Å². The predicted molar refractivity (Wildman–Crippen MR) is 102 cm³/mol. The van der Waals surface area contributed by atoms with Crippen molar-refractivity contribution in [1.29, 1.82) is 0 Å². The zero-order valence-corrected chi connectivity index (χ0v) is 14.6. The van der Waals surface area contributed by atoms with Gasteiger partial charge in [-0.3, -0.25) is 10.1 Å². The topological polar surface area (TPSA) is 143 Å². The molecule has 0 aliphatic heterocycles. The zero-order chi connectivity index (χ0) is 19.9. The maximum atomic E-state index is 10.9. The van der Waals surface area contributed by atoms with Crippen LogP contribution in [0.5, 0.6) is 0 Å². The number of benzene rings is 1. The predicted octanol–water partition coefficient (Wildman–Crippen LogP) is 2.67. The molecule has 3 rings (SSSR count). The minimum absolute atomic E-state index is 0.0646. The Morgan fingerprint density at radius 1 is 1.04 bits per heavy atom. The average molecular weight is 380 g/mol. The van der Waals surface area contributed by atoms with E-state index >= 15 is 0 Å². The first-order valence-electron chi connectivity index (χ1n) is 8.28. The van der Waals surface area contributed by atoms with Gasteiger partial charge in [0, 0.05) is 30.9 Å². The molecule has 0 bridgehead atoms. The van der Waals surface area contributed by atoms with Gasteiger partial charge in [0.2, 0.25) is 5.95 Å². The lowest BCUT2D eigenvalue weighted by molar-refractivity contribution is -0.385. The number of carbonyl (C=O) groups is 1. The van der Waals surface area contributed by atoms with Crippen molar-refractivity contribution < 1.29 is 14.8 Å². The number of aromatic nitrogens is 3. The summed E-state index contributed by atoms with van der Waals surface area (Å²) in [5.74, 6) is -0.0227. The minimum Gasteiger partial charge on any atom is -0.478 e. The van der Waals surface area contributed by atoms with E-state index in [-0.39, 0.29) is 11.3 Å². The summed E-state index contributed by atoms with van der Waals surface area (Å²) < 4.78 is 0. The molecule has 0 fully saturated rings. The van der Waals surface area contributed by atoms with Crippen molar-refractivity contribution in [3.63, 3.8) is 0 Å². The number of pyridine rings is 1. The van der Waals surface area contributed by atoms with Crippen LogP contribution in [0.25, 0.3) is 11.3 Å². The van der Waals surface area contributed by atoms with E-state index in [0.29, 0.717) is 30.5 Å². The molecule has 0 atom stereocenters. The molecule has 1 aromatic carbocycles. The fraction of sp³-hybridized carbons (Fsp3) is 0.111. The lowest BCUT2D eigenvalue weighted by Crippen LogP contribution is -2.15. The maximum Gasteiger partial charge on any atom is 0.335 e. The summed E-state index contributed by atoms with van der Waals surface area (Å²) in [7, 11) is 0. The Labute approximate surface area is 159 Å². The van der Waals surface area contributed by atoms with E-state index < -0.39 is 10.9 Å². The molecule has 2 aromatic heterocycles. The molecule has 0 radical (unpaired) electrons. The van der Waals surface area contributed by atoms with Crippen LogP contribution in [0.3, 0.4) is 0 Å². The highest BCUT2D eigenvalue weighted by atomic mass is 16.6. The molecule has 0 spiro atoms. The lowest BCUT2D eigenvalue weighted by atomic mass is 10.1. The zero-order valence-electron chi connectivity index (χ0n) is 14.6. The van der Waals surface area contributed by atoms with Crippen molar-refractivity contribution >= 4 is 23.4 Å². The Hall–Kier alpha value is -4.08. The summed E-state index contributed by atoms with van der Waals surface area (Å²) >= 11 is 0. The third kappa shape index (κ3) is 4.75. The van der Waals surface area contributed by atoms with Crippen LogP contribution in [-0.4, -0.2) is 44.0 Å². The second kappa shape index (κ2) is 8.54. The molecule has 3 N–H and O–H groups in total. The molecule has 0 saturated carbocycles. The number of hydrogen-bond acceptors (Lipinski definition) is 8. The Balaban J connectivity index is 1.54. The quantitative estimate of drug-likeness (QED) is 0.305. The molecule has 10 heteroatoms. The van der Waals surface area contributed by atoms with Gasteiger partial charge in [-0.05, 0) is 24.3 Å². The number of rotatable bonds is 8. The van der Waals surface area contributed by atoms with Gasteiger partial charge in [-0.25, -0.2) is 19.7 Å². The number of nitrogens with zero attached hydrogens (tertiary/aromatic N) is 4. The summed E-state index contributed by atoms with van der Waals surface area (Å²) in [6, 6.07) is 11.1. The molecular formula is C18H16N6O4. The van der Waals surface area contributed by atoms with Gasteiger partial charge < -0.3 is 15.7 Å². The third-order valence-corrected chi connectivity index (χ3v) is 3.76. The van der Waals surface area contributed by atoms with Crippen molar-refractivity contribution in [3.8, 4) is 11.3 Å². The monoisotopic (exact) mass is 380 g/mol. The Morgan fingerprint density at radius 3 is 2.43 bits per heavy atom. The summed E-state index contributed by atoms with van der Waals surface area (Å²) in [6.07, 6.45) is 2.80. The number of anilines is 2. The molecule has 0 saturated heterocycles. The molecule has 0 aliphatic rings. The number of carboxylic acids is 1. The molecule has 2 heterocycles. The normalized spacial score (nSPS) is 10.3. The fourth-order valence-corrected chi connectivity index (χ4v) is 2.35. The molecule has 0 aliphatic carbocycles. The van der Waals surface area contributed by atoms with E-state index in [1.165, 1.54) is 30.5 Å². The van der Waals surface area contributed by atoms with Crippen molar-refractivity contribution in [3.05, 3.63) is 70.5 Å². The standard InChI is InChI=1S/C18H16N6O4/c25-17(26)13-3-1-12(2-4-13)15-7-8-20-18(23-15)21-10-9-19-16-6-5-14(11-22-16)24(27)28/h1-8,11H,9-10H2,(H,19,22)(H,25,26)(H,20,21,23). The first-order valence-corrected chi connectivity index (χ1v) is 8.28. The number of hydrogen-bond donors (Lipinski definition) is 3. The van der Waals surface area contributed by atoms with Crippen molar-refractivity contribution in [2.45, 2.75) is 0 Å². The van der Waals surface area contributed by atoms with Crippen LogP contribution < -0.4 is 10.6 Å². The van der Waals surface area contributed by atoms with Gasteiger partial charge in [0.25, 0.3) is 5.69 Å². The summed E-state index contributed by atoms with van der Waals surface area (Å²) in [6.45, 7) is 1.01. The fourth-order valence-electron chi connectivity index (χ4n) is 2.35. The Morgan fingerprint density at radius 2 is 1.79 bits per heavy atom. The van der Waals surface area contributed by atoms with E-state index in [1.54, 1.807) is 24.4 Å². The van der Waals surface area contributed by atoms with Crippen LogP contribution in [0, 0.1) is 10.1 Å². The van der Waals surface area contributed by atoms with Crippen molar-refractivity contribution in [1.82, 2.24) is 15.0 Å². The van der Waals surface area contributed by atoms with Crippen molar-refractivity contribution in [2.75, 3.05) is 23.7 Å². The number of nitro groups is 1. The van der Waals surface area contributed by atoms with Crippen LogP contribution in [0.15, 0.2) is 54.9 Å². The molecule has 28 heavy (non-hydrogen) atoms. The van der Waals surface area contributed by atoms with Gasteiger partial charge in [-0.2, -0.15) is 0 Å². The first-order chi connectivity index (χ1) is 13.5. The molecule has 142 valence electrons. The first kappa shape index (κ1) is 18.7. The highest BCUT2D eigenvalue weighted by Gasteiger charge is 2.06. The Bertz CT molecular complexity index is 976. The minimum atomic E-state index is -0.980. The van der Waals surface area contributed by atoms with Gasteiger partial charge in [0.1, 0.15) is 12.0 Å².